The van der Waals surface area contributed by atoms with E-state index in [0.717, 1.165) is 50.7 Å². The van der Waals surface area contributed by atoms with Crippen molar-refractivity contribution >= 4 is 20.2 Å². The van der Waals surface area contributed by atoms with Crippen molar-refractivity contribution in [3.8, 4) is 0 Å². The highest BCUT2D eigenvalue weighted by Crippen LogP contribution is 2.62. The molecule has 2 N–H and O–H groups in total. The average molecular weight is 647 g/mol. The van der Waals surface area contributed by atoms with Crippen molar-refractivity contribution in [1.82, 2.24) is 0 Å². The van der Waals surface area contributed by atoms with Gasteiger partial charge in [-0.3, -0.25) is 9.11 Å². The summed E-state index contributed by atoms with van der Waals surface area (Å²) in [6.45, 7) is 16.7. The Morgan fingerprint density at radius 1 is 0.795 bits per heavy atom. The van der Waals surface area contributed by atoms with Crippen LogP contribution in [0.25, 0.3) is 0 Å². The van der Waals surface area contributed by atoms with Crippen LogP contribution in [0.15, 0.2) is 51.3 Å². The van der Waals surface area contributed by atoms with Crippen LogP contribution in [0.5, 0.6) is 0 Å². The van der Waals surface area contributed by atoms with Gasteiger partial charge in [0, 0.05) is 0 Å². The van der Waals surface area contributed by atoms with E-state index in [1.165, 1.54) is 37.3 Å². The van der Waals surface area contributed by atoms with E-state index in [4.69, 9.17) is 0 Å². The molecule has 0 aromatic heterocycles. The first kappa shape index (κ1) is 33.9. The van der Waals surface area contributed by atoms with Gasteiger partial charge >= 0.3 is 0 Å². The molecule has 7 atom stereocenters. The normalized spacial score (nSPS) is 37.4. The Hall–Kier alpha value is -1.48. The van der Waals surface area contributed by atoms with Crippen molar-refractivity contribution < 1.29 is 25.9 Å². The Kier molecular flexibility index (Phi) is 8.73. The third-order valence-corrected chi connectivity index (χ3v) is 15.2. The lowest BCUT2D eigenvalue weighted by atomic mass is 9.48. The molecule has 0 bridgehead atoms. The van der Waals surface area contributed by atoms with Crippen molar-refractivity contribution in [2.45, 2.75) is 129 Å². The molecular formula is C36H54O6S2. The third kappa shape index (κ3) is 5.91. The lowest BCUT2D eigenvalue weighted by Gasteiger charge is -2.56. The van der Waals surface area contributed by atoms with Crippen LogP contribution in [0.1, 0.15) is 118 Å². The predicted octanol–water partition coefficient (Wildman–Crippen LogP) is 9.08. The molecule has 0 saturated heterocycles. The van der Waals surface area contributed by atoms with Crippen molar-refractivity contribution in [2.24, 2.45) is 45.3 Å². The lowest BCUT2D eigenvalue weighted by Crippen LogP contribution is -2.47. The molecule has 6 nitrogen and oxygen atoms in total. The van der Waals surface area contributed by atoms with E-state index in [-0.39, 0.29) is 43.4 Å². The van der Waals surface area contributed by atoms with Crippen LogP contribution >= 0.6 is 0 Å². The maximum absolute atomic E-state index is 12.4. The van der Waals surface area contributed by atoms with Crippen LogP contribution < -0.4 is 0 Å². The molecule has 246 valence electrons. The van der Waals surface area contributed by atoms with Crippen molar-refractivity contribution in [3.63, 3.8) is 0 Å². The summed E-state index contributed by atoms with van der Waals surface area (Å²) in [7, 11) is -9.13. The van der Waals surface area contributed by atoms with E-state index in [1.54, 1.807) is 5.57 Å². The minimum absolute atomic E-state index is 0.0346. The molecule has 0 heterocycles. The summed E-state index contributed by atoms with van der Waals surface area (Å²) in [6.07, 6.45) is 16.7. The number of benzene rings is 1. The lowest BCUT2D eigenvalue weighted by molar-refractivity contribution is 0.0436. The first-order valence-electron chi connectivity index (χ1n) is 16.7. The Morgan fingerprint density at radius 3 is 2.16 bits per heavy atom. The molecule has 0 unspecified atom stereocenters. The molecule has 0 aliphatic heterocycles. The number of hydrogen-bond acceptors (Lipinski definition) is 4. The summed E-state index contributed by atoms with van der Waals surface area (Å²) >= 11 is 0. The number of fused-ring (bicyclic) bond motifs is 2. The van der Waals surface area contributed by atoms with Crippen LogP contribution in [0, 0.1) is 45.3 Å². The van der Waals surface area contributed by atoms with Crippen LogP contribution in [0.3, 0.4) is 0 Å². The van der Waals surface area contributed by atoms with Crippen LogP contribution in [-0.4, -0.2) is 25.9 Å². The van der Waals surface area contributed by atoms with Gasteiger partial charge in [0.25, 0.3) is 20.2 Å². The molecule has 2 saturated carbocycles. The molecule has 44 heavy (non-hydrogen) atoms. The zero-order valence-corrected chi connectivity index (χ0v) is 29.5. The van der Waals surface area contributed by atoms with Gasteiger partial charge in [0.1, 0.15) is 0 Å². The van der Waals surface area contributed by atoms with Crippen LogP contribution in [0.4, 0.5) is 0 Å². The molecule has 8 heteroatoms. The zero-order chi connectivity index (χ0) is 32.5. The average Bonchev–Trinajstić information content (AvgIpc) is 2.91. The predicted molar refractivity (Wildman–Crippen MR) is 176 cm³/mol. The molecule has 1 aromatic carbocycles. The van der Waals surface area contributed by atoms with E-state index >= 15 is 0 Å². The highest BCUT2D eigenvalue weighted by atomic mass is 32.2. The highest BCUT2D eigenvalue weighted by molar-refractivity contribution is 7.86. The van der Waals surface area contributed by atoms with Gasteiger partial charge < -0.3 is 0 Å². The maximum Gasteiger partial charge on any atom is 0.294 e. The molecule has 0 amide bonds. The fraction of sp³-hybridized carbons (Fsp3) is 0.722. The van der Waals surface area contributed by atoms with Gasteiger partial charge in [-0.25, -0.2) is 0 Å². The third-order valence-electron chi connectivity index (χ3n) is 13.4. The van der Waals surface area contributed by atoms with Gasteiger partial charge in [0.05, 0.1) is 9.79 Å². The summed E-state index contributed by atoms with van der Waals surface area (Å²) in [5.41, 5.74) is 3.64. The van der Waals surface area contributed by atoms with E-state index in [9.17, 15) is 25.9 Å². The maximum atomic E-state index is 12.4. The van der Waals surface area contributed by atoms with Crippen molar-refractivity contribution in [1.29, 1.82) is 0 Å². The van der Waals surface area contributed by atoms with E-state index < -0.39 is 20.2 Å². The Bertz CT molecular complexity index is 1570. The largest absolute Gasteiger partial charge is 0.294 e. The van der Waals surface area contributed by atoms with Gasteiger partial charge in [-0.1, -0.05) is 78.2 Å². The van der Waals surface area contributed by atoms with Crippen LogP contribution in [-0.2, 0) is 26.7 Å². The van der Waals surface area contributed by atoms with Crippen molar-refractivity contribution in [3.05, 3.63) is 47.1 Å². The second kappa shape index (κ2) is 11.3. The van der Waals surface area contributed by atoms with E-state index in [1.807, 2.05) is 0 Å². The summed E-state index contributed by atoms with van der Waals surface area (Å²) < 4.78 is 68.6. The topological polar surface area (TPSA) is 109 Å². The SMILES string of the molecule is C[C@@H]1CC=C2[C@@H](CCC[C@@]2(C)CC[C@@]2(C)C3=CCCC(C)(C)[C@H]3CC[C@@H]2C)[C@]1(C)Cc1cc(S(=O)(=O)O)ccc1S(=O)(=O)O. The second-order valence-corrected chi connectivity index (χ2v) is 19.2. The molecule has 5 rings (SSSR count). The second-order valence-electron chi connectivity index (χ2n) is 16.3. The molecular weight excluding hydrogens is 593 g/mol. The molecule has 4 aliphatic carbocycles. The van der Waals surface area contributed by atoms with Gasteiger partial charge in [-0.2, -0.15) is 16.8 Å². The Labute approximate surface area is 266 Å². The minimum atomic E-state index is -4.59. The van der Waals surface area contributed by atoms with Crippen molar-refractivity contribution in [2.75, 3.05) is 0 Å². The molecule has 1 aromatic rings. The molecule has 4 aliphatic rings. The summed E-state index contributed by atoms with van der Waals surface area (Å²) in [4.78, 5) is -0.644. The fourth-order valence-electron chi connectivity index (χ4n) is 9.95. The smallest absolute Gasteiger partial charge is 0.282 e. The zero-order valence-electron chi connectivity index (χ0n) is 27.8. The molecule has 2 fully saturated rings. The quantitative estimate of drug-likeness (QED) is 0.226. The first-order chi connectivity index (χ1) is 20.2. The van der Waals surface area contributed by atoms with Gasteiger partial charge in [0.15, 0.2) is 0 Å². The fourth-order valence-corrected chi connectivity index (χ4v) is 11.2. The minimum Gasteiger partial charge on any atom is -0.282 e. The standard InChI is InChI=1S/C36H54O6S2/c1-24-12-15-28-30(10-8-18-33(28,3)4)35(24,6)21-20-34(5)19-9-11-31-29(34)16-13-25(2)36(31,7)23-26-22-27(43(37,38)39)14-17-32(26)44(40,41)42/h10,14,16-17,22,24-25,28,31H,8-9,11-13,15,18-21,23H2,1-7H3,(H,37,38,39)(H,40,41,42)/t24-,25+,28-,31+,34-,35+,36+/m0/s1. The van der Waals surface area contributed by atoms with Gasteiger partial charge in [0.2, 0.25) is 0 Å². The summed E-state index contributed by atoms with van der Waals surface area (Å²) in [6, 6.07) is 3.38. The monoisotopic (exact) mass is 646 g/mol. The van der Waals surface area contributed by atoms with Crippen LogP contribution in [0.2, 0.25) is 0 Å². The van der Waals surface area contributed by atoms with E-state index in [2.05, 4.69) is 60.6 Å². The van der Waals surface area contributed by atoms with E-state index in [0.29, 0.717) is 23.7 Å². The number of allylic oxidation sites excluding steroid dienone is 4. The van der Waals surface area contributed by atoms with Gasteiger partial charge in [-0.05, 0) is 133 Å². The Balaban J connectivity index is 1.47. The first-order valence-corrected chi connectivity index (χ1v) is 19.6. The number of hydrogen-bond donors (Lipinski definition) is 2. The molecule has 0 spiro atoms. The highest BCUT2D eigenvalue weighted by Gasteiger charge is 2.52. The van der Waals surface area contributed by atoms with Gasteiger partial charge in [-0.15, -0.1) is 0 Å². The summed E-state index contributed by atoms with van der Waals surface area (Å²) in [5, 5.41) is 0. The Morgan fingerprint density at radius 2 is 1.50 bits per heavy atom. The number of rotatable bonds is 7. The summed E-state index contributed by atoms with van der Waals surface area (Å²) in [5.74, 6) is 1.73. The molecule has 0 radical (unpaired) electrons.